The largest absolute Gasteiger partial charge is 0.364 e. The van der Waals surface area contributed by atoms with Crippen LogP contribution in [0.1, 0.15) is 50.3 Å². The second kappa shape index (κ2) is 7.15. The van der Waals surface area contributed by atoms with E-state index in [1.165, 1.54) is 13.2 Å². The van der Waals surface area contributed by atoms with Gasteiger partial charge in [-0.15, -0.1) is 10.2 Å². The molecule has 2 atom stereocenters. The molecule has 1 aromatic heterocycles. The van der Waals surface area contributed by atoms with Crippen molar-refractivity contribution in [2.45, 2.75) is 57.7 Å². The molecule has 3 rings (SSSR count). The quantitative estimate of drug-likeness (QED) is 0.890. The summed E-state index contributed by atoms with van der Waals surface area (Å²) in [4.78, 5) is 12.9. The Morgan fingerprint density at radius 3 is 2.77 bits per heavy atom. The first-order valence-electron chi connectivity index (χ1n) is 8.90. The van der Waals surface area contributed by atoms with Gasteiger partial charge in [0.05, 0.1) is 0 Å². The van der Waals surface area contributed by atoms with E-state index in [0.717, 1.165) is 24.5 Å². The van der Waals surface area contributed by atoms with Gasteiger partial charge in [0, 0.05) is 37.6 Å². The van der Waals surface area contributed by atoms with E-state index in [-0.39, 0.29) is 23.4 Å². The second-order valence-corrected chi connectivity index (χ2v) is 7.17. The lowest BCUT2D eigenvalue weighted by atomic mass is 9.93. The van der Waals surface area contributed by atoms with Crippen LogP contribution in [0.3, 0.4) is 0 Å². The highest BCUT2D eigenvalue weighted by Gasteiger charge is 2.39. The van der Waals surface area contributed by atoms with Gasteiger partial charge in [-0.1, -0.05) is 32.0 Å². The van der Waals surface area contributed by atoms with E-state index in [9.17, 15) is 9.18 Å². The number of carbonyl (C=O) groups excluding carboxylic acids is 1. The van der Waals surface area contributed by atoms with Gasteiger partial charge in [0.15, 0.2) is 5.60 Å². The SMILES string of the molecule is CO[C@](C)(C(=O)N[C@H]1CCc2nnc(C(C)C)n2C1)c1ccccc1F. The topological polar surface area (TPSA) is 69.0 Å². The molecule has 0 bridgehead atoms. The molecule has 140 valence electrons. The zero-order chi connectivity index (χ0) is 18.9. The Balaban J connectivity index is 1.79. The van der Waals surface area contributed by atoms with Crippen LogP contribution in [0.2, 0.25) is 0 Å². The average molecular weight is 360 g/mol. The number of aromatic nitrogens is 3. The fourth-order valence-electron chi connectivity index (χ4n) is 3.39. The third kappa shape index (κ3) is 3.23. The van der Waals surface area contributed by atoms with Gasteiger partial charge < -0.3 is 14.6 Å². The Morgan fingerprint density at radius 1 is 1.38 bits per heavy atom. The van der Waals surface area contributed by atoms with Crippen molar-refractivity contribution in [1.29, 1.82) is 0 Å². The number of halogens is 1. The van der Waals surface area contributed by atoms with Gasteiger partial charge >= 0.3 is 0 Å². The highest BCUT2D eigenvalue weighted by atomic mass is 19.1. The van der Waals surface area contributed by atoms with Crippen LogP contribution in [0.15, 0.2) is 24.3 Å². The fraction of sp³-hybridized carbons (Fsp3) is 0.526. The first-order chi connectivity index (χ1) is 12.4. The number of fused-ring (bicyclic) bond motifs is 1. The third-order valence-corrected chi connectivity index (χ3v) is 5.06. The molecule has 1 aliphatic heterocycles. The first-order valence-corrected chi connectivity index (χ1v) is 8.90. The summed E-state index contributed by atoms with van der Waals surface area (Å²) >= 11 is 0. The number of hydrogen-bond donors (Lipinski definition) is 1. The number of rotatable bonds is 5. The number of nitrogens with zero attached hydrogens (tertiary/aromatic N) is 3. The van der Waals surface area contributed by atoms with Crippen molar-refractivity contribution in [1.82, 2.24) is 20.1 Å². The Bertz CT molecular complexity index is 805. The molecular formula is C19H25FN4O2. The molecule has 7 heteroatoms. The molecule has 0 aliphatic carbocycles. The lowest BCUT2D eigenvalue weighted by Gasteiger charge is -2.32. The van der Waals surface area contributed by atoms with Crippen molar-refractivity contribution >= 4 is 5.91 Å². The van der Waals surface area contributed by atoms with Gasteiger partial charge in [-0.25, -0.2) is 4.39 Å². The van der Waals surface area contributed by atoms with Gasteiger partial charge in [-0.2, -0.15) is 0 Å². The minimum atomic E-state index is -1.39. The van der Waals surface area contributed by atoms with Crippen LogP contribution in [0.25, 0.3) is 0 Å². The standard InChI is InChI=1S/C19H25FN4O2/c1-12(2)17-23-22-16-10-9-13(11-24(16)17)21-18(25)19(3,26-4)14-7-5-6-8-15(14)20/h5-8,12-13H,9-11H2,1-4H3,(H,21,25)/t13-,19-/m0/s1. The van der Waals surface area contributed by atoms with Crippen LogP contribution in [0, 0.1) is 5.82 Å². The van der Waals surface area contributed by atoms with Gasteiger partial charge in [0.1, 0.15) is 17.5 Å². The monoisotopic (exact) mass is 360 g/mol. The molecule has 0 radical (unpaired) electrons. The highest BCUT2D eigenvalue weighted by molar-refractivity contribution is 5.86. The minimum Gasteiger partial charge on any atom is -0.364 e. The molecule has 1 N–H and O–H groups in total. The third-order valence-electron chi connectivity index (χ3n) is 5.06. The number of methoxy groups -OCH3 is 1. The molecule has 0 spiro atoms. The van der Waals surface area contributed by atoms with E-state index in [1.54, 1.807) is 25.1 Å². The Hall–Kier alpha value is -2.28. The normalized spacial score (nSPS) is 19.1. The zero-order valence-electron chi connectivity index (χ0n) is 15.6. The number of nitrogens with one attached hydrogen (secondary N) is 1. The highest BCUT2D eigenvalue weighted by Crippen LogP contribution is 2.28. The molecule has 26 heavy (non-hydrogen) atoms. The maximum Gasteiger partial charge on any atom is 0.256 e. The number of aryl methyl sites for hydroxylation is 1. The lowest BCUT2D eigenvalue weighted by Crippen LogP contribution is -2.50. The Labute approximate surface area is 152 Å². The summed E-state index contributed by atoms with van der Waals surface area (Å²) in [5.74, 6) is 1.32. The molecule has 2 heterocycles. The van der Waals surface area contributed by atoms with Crippen molar-refractivity contribution in [3.8, 4) is 0 Å². The van der Waals surface area contributed by atoms with Crippen molar-refractivity contribution < 1.29 is 13.9 Å². The van der Waals surface area contributed by atoms with Crippen LogP contribution < -0.4 is 5.32 Å². The van der Waals surface area contributed by atoms with Crippen molar-refractivity contribution in [3.63, 3.8) is 0 Å². The molecule has 0 fully saturated rings. The summed E-state index contributed by atoms with van der Waals surface area (Å²) in [5, 5.41) is 11.5. The van der Waals surface area contributed by atoms with E-state index in [1.807, 2.05) is 0 Å². The van der Waals surface area contributed by atoms with E-state index in [0.29, 0.717) is 6.54 Å². The van der Waals surface area contributed by atoms with E-state index >= 15 is 0 Å². The molecule has 1 aromatic carbocycles. The number of carbonyl (C=O) groups is 1. The maximum absolute atomic E-state index is 14.2. The van der Waals surface area contributed by atoms with Gasteiger partial charge in [0.25, 0.3) is 5.91 Å². The number of ether oxygens (including phenoxy) is 1. The Kier molecular flexibility index (Phi) is 5.09. The van der Waals surface area contributed by atoms with Crippen molar-refractivity contribution in [2.75, 3.05) is 7.11 Å². The summed E-state index contributed by atoms with van der Waals surface area (Å²) in [5.41, 5.74) is -1.16. The van der Waals surface area contributed by atoms with Crippen LogP contribution in [-0.4, -0.2) is 33.8 Å². The summed E-state index contributed by atoms with van der Waals surface area (Å²) < 4.78 is 21.7. The molecule has 6 nitrogen and oxygen atoms in total. The predicted octanol–water partition coefficient (Wildman–Crippen LogP) is 2.53. The van der Waals surface area contributed by atoms with Crippen molar-refractivity contribution in [3.05, 3.63) is 47.3 Å². The number of amides is 1. The van der Waals surface area contributed by atoms with Crippen LogP contribution in [-0.2, 0) is 28.1 Å². The number of hydrogen-bond acceptors (Lipinski definition) is 4. The lowest BCUT2D eigenvalue weighted by molar-refractivity contribution is -0.144. The summed E-state index contributed by atoms with van der Waals surface area (Å²) in [6, 6.07) is 6.12. The van der Waals surface area contributed by atoms with E-state index in [2.05, 4.69) is 33.9 Å². The molecule has 1 aliphatic rings. The molecule has 0 unspecified atom stereocenters. The molecule has 2 aromatic rings. The van der Waals surface area contributed by atoms with Crippen molar-refractivity contribution in [2.24, 2.45) is 0 Å². The van der Waals surface area contributed by atoms with Crippen LogP contribution >= 0.6 is 0 Å². The zero-order valence-corrected chi connectivity index (χ0v) is 15.6. The van der Waals surface area contributed by atoms with Gasteiger partial charge in [-0.05, 0) is 19.4 Å². The summed E-state index contributed by atoms with van der Waals surface area (Å²) in [6.45, 7) is 6.34. The molecular weight excluding hydrogens is 335 g/mol. The average Bonchev–Trinajstić information content (AvgIpc) is 3.05. The molecule has 1 amide bonds. The van der Waals surface area contributed by atoms with Crippen LogP contribution in [0.5, 0.6) is 0 Å². The first kappa shape index (κ1) is 18.5. The maximum atomic E-state index is 14.2. The predicted molar refractivity (Wildman–Crippen MR) is 95.1 cm³/mol. The number of benzene rings is 1. The van der Waals surface area contributed by atoms with Gasteiger partial charge in [-0.3, -0.25) is 4.79 Å². The second-order valence-electron chi connectivity index (χ2n) is 7.17. The van der Waals surface area contributed by atoms with E-state index in [4.69, 9.17) is 4.74 Å². The summed E-state index contributed by atoms with van der Waals surface area (Å²) in [6.07, 6.45) is 1.51. The molecule has 0 saturated heterocycles. The molecule has 0 saturated carbocycles. The van der Waals surface area contributed by atoms with Crippen LogP contribution in [0.4, 0.5) is 4.39 Å². The van der Waals surface area contributed by atoms with Gasteiger partial charge in [0.2, 0.25) is 0 Å². The smallest absolute Gasteiger partial charge is 0.256 e. The minimum absolute atomic E-state index is 0.0789. The fourth-order valence-corrected chi connectivity index (χ4v) is 3.39. The summed E-state index contributed by atoms with van der Waals surface area (Å²) in [7, 11) is 1.42. The van der Waals surface area contributed by atoms with E-state index < -0.39 is 11.4 Å². The Morgan fingerprint density at radius 2 is 2.12 bits per heavy atom.